The van der Waals surface area contributed by atoms with E-state index in [4.69, 9.17) is 28.9 Å². The fraction of sp³-hybridized carbons (Fsp3) is 0.0667. The lowest BCUT2D eigenvalue weighted by atomic mass is 10.1. The van der Waals surface area contributed by atoms with Gasteiger partial charge >= 0.3 is 0 Å². The first-order chi connectivity index (χ1) is 9.56. The Morgan fingerprint density at radius 3 is 2.70 bits per heavy atom. The lowest BCUT2D eigenvalue weighted by molar-refractivity contribution is 0.630. The SMILES string of the molecule is NC(c1cc2cc(F)ccc2s1)c1cccc(Cl)c1Cl. The molecule has 102 valence electrons. The van der Waals surface area contributed by atoms with Gasteiger partial charge in [0.25, 0.3) is 0 Å². The molecule has 0 radical (unpaired) electrons. The summed E-state index contributed by atoms with van der Waals surface area (Å²) in [6, 6.07) is 11.6. The summed E-state index contributed by atoms with van der Waals surface area (Å²) in [6.45, 7) is 0. The molecule has 0 aliphatic heterocycles. The van der Waals surface area contributed by atoms with Crippen LogP contribution in [0, 0.1) is 5.82 Å². The van der Waals surface area contributed by atoms with Crippen molar-refractivity contribution < 1.29 is 4.39 Å². The van der Waals surface area contributed by atoms with Gasteiger partial charge in [-0.3, -0.25) is 0 Å². The molecule has 5 heteroatoms. The maximum atomic E-state index is 13.2. The Balaban J connectivity index is 2.08. The summed E-state index contributed by atoms with van der Waals surface area (Å²) in [7, 11) is 0. The van der Waals surface area contributed by atoms with Gasteiger partial charge in [-0.2, -0.15) is 0 Å². The highest BCUT2D eigenvalue weighted by Gasteiger charge is 2.16. The van der Waals surface area contributed by atoms with Crippen LogP contribution in [0.5, 0.6) is 0 Å². The van der Waals surface area contributed by atoms with E-state index >= 15 is 0 Å². The summed E-state index contributed by atoms with van der Waals surface area (Å²) in [5.74, 6) is -0.254. The van der Waals surface area contributed by atoms with Gasteiger partial charge < -0.3 is 5.73 Å². The second-order valence-electron chi connectivity index (χ2n) is 4.45. The van der Waals surface area contributed by atoms with E-state index in [-0.39, 0.29) is 11.9 Å². The van der Waals surface area contributed by atoms with Gasteiger partial charge in [-0.15, -0.1) is 11.3 Å². The van der Waals surface area contributed by atoms with Gasteiger partial charge in [0.2, 0.25) is 0 Å². The van der Waals surface area contributed by atoms with E-state index in [1.807, 2.05) is 18.2 Å². The van der Waals surface area contributed by atoms with Gasteiger partial charge in [-0.1, -0.05) is 35.3 Å². The predicted octanol–water partition coefficient (Wildman–Crippen LogP) is 5.40. The van der Waals surface area contributed by atoms with Crippen LogP contribution in [0.1, 0.15) is 16.5 Å². The minimum absolute atomic E-state index is 0.254. The molecule has 3 rings (SSSR count). The van der Waals surface area contributed by atoms with Crippen molar-refractivity contribution in [2.24, 2.45) is 5.73 Å². The highest BCUT2D eigenvalue weighted by molar-refractivity contribution is 7.19. The molecule has 2 aromatic carbocycles. The Morgan fingerprint density at radius 2 is 1.90 bits per heavy atom. The Labute approximate surface area is 129 Å². The summed E-state index contributed by atoms with van der Waals surface area (Å²) in [6.07, 6.45) is 0. The van der Waals surface area contributed by atoms with Crippen LogP contribution in [0.4, 0.5) is 4.39 Å². The molecule has 1 heterocycles. The number of rotatable bonds is 2. The fourth-order valence-electron chi connectivity index (χ4n) is 2.10. The van der Waals surface area contributed by atoms with Crippen molar-refractivity contribution in [1.82, 2.24) is 0 Å². The number of halogens is 3. The molecule has 0 fully saturated rings. The van der Waals surface area contributed by atoms with E-state index in [9.17, 15) is 4.39 Å². The van der Waals surface area contributed by atoms with Crippen LogP contribution in [0.2, 0.25) is 10.0 Å². The molecule has 0 spiro atoms. The van der Waals surface area contributed by atoms with Crippen LogP contribution < -0.4 is 5.73 Å². The third kappa shape index (κ3) is 2.42. The van der Waals surface area contributed by atoms with Gasteiger partial charge in [0.15, 0.2) is 0 Å². The van der Waals surface area contributed by atoms with Crippen molar-refractivity contribution in [1.29, 1.82) is 0 Å². The molecular formula is C15H10Cl2FNS. The number of hydrogen-bond acceptors (Lipinski definition) is 2. The van der Waals surface area contributed by atoms with Crippen molar-refractivity contribution in [3.05, 3.63) is 68.8 Å². The molecule has 1 aromatic heterocycles. The number of nitrogens with two attached hydrogens (primary N) is 1. The van der Waals surface area contributed by atoms with Crippen molar-refractivity contribution in [2.45, 2.75) is 6.04 Å². The molecule has 0 aliphatic carbocycles. The zero-order valence-electron chi connectivity index (χ0n) is 10.2. The standard InChI is InChI=1S/C15H10Cl2FNS/c16-11-3-1-2-10(14(11)17)15(19)13-7-8-6-9(18)4-5-12(8)20-13/h1-7,15H,19H2. The molecular weight excluding hydrogens is 316 g/mol. The normalized spacial score (nSPS) is 12.8. The summed E-state index contributed by atoms with van der Waals surface area (Å²) in [5.41, 5.74) is 7.03. The average Bonchev–Trinajstić information content (AvgIpc) is 2.84. The monoisotopic (exact) mass is 325 g/mol. The van der Waals surface area contributed by atoms with Crippen molar-refractivity contribution in [2.75, 3.05) is 0 Å². The maximum absolute atomic E-state index is 13.2. The van der Waals surface area contributed by atoms with Crippen LogP contribution >= 0.6 is 34.5 Å². The summed E-state index contributed by atoms with van der Waals surface area (Å²) in [4.78, 5) is 0.926. The molecule has 20 heavy (non-hydrogen) atoms. The summed E-state index contributed by atoms with van der Waals surface area (Å²) >= 11 is 13.7. The van der Waals surface area contributed by atoms with E-state index in [1.165, 1.54) is 23.5 Å². The van der Waals surface area contributed by atoms with Gasteiger partial charge in [-0.05, 0) is 41.3 Å². The Morgan fingerprint density at radius 1 is 1.10 bits per heavy atom. The number of thiophene rings is 1. The van der Waals surface area contributed by atoms with Crippen LogP contribution in [0.15, 0.2) is 42.5 Å². The number of fused-ring (bicyclic) bond motifs is 1. The molecule has 0 aliphatic rings. The minimum Gasteiger partial charge on any atom is -0.320 e. The van der Waals surface area contributed by atoms with Crippen LogP contribution in [0.25, 0.3) is 10.1 Å². The Bertz CT molecular complexity index is 785. The van der Waals surface area contributed by atoms with Crippen LogP contribution in [-0.2, 0) is 0 Å². The maximum Gasteiger partial charge on any atom is 0.123 e. The number of hydrogen-bond donors (Lipinski definition) is 1. The average molecular weight is 326 g/mol. The van der Waals surface area contributed by atoms with E-state index < -0.39 is 0 Å². The third-order valence-electron chi connectivity index (χ3n) is 3.12. The zero-order chi connectivity index (χ0) is 14.3. The molecule has 3 aromatic rings. The first kappa shape index (κ1) is 13.8. The first-order valence-electron chi connectivity index (χ1n) is 5.95. The summed E-state index contributed by atoms with van der Waals surface area (Å²) in [5, 5.41) is 1.79. The largest absolute Gasteiger partial charge is 0.320 e. The predicted molar refractivity (Wildman–Crippen MR) is 84.3 cm³/mol. The van der Waals surface area contributed by atoms with Crippen LogP contribution in [0.3, 0.4) is 0 Å². The smallest absolute Gasteiger partial charge is 0.123 e. The second-order valence-corrected chi connectivity index (χ2v) is 6.35. The summed E-state index contributed by atoms with van der Waals surface area (Å²) < 4.78 is 14.2. The lowest BCUT2D eigenvalue weighted by Crippen LogP contribution is -2.10. The second kappa shape index (κ2) is 5.34. The quantitative estimate of drug-likeness (QED) is 0.671. The molecule has 0 saturated carbocycles. The molecule has 0 saturated heterocycles. The topological polar surface area (TPSA) is 26.0 Å². The van der Waals surface area contributed by atoms with Crippen molar-refractivity contribution in [3.8, 4) is 0 Å². The Hall–Kier alpha value is -1.13. The lowest BCUT2D eigenvalue weighted by Gasteiger charge is -2.12. The number of benzene rings is 2. The molecule has 1 unspecified atom stereocenters. The molecule has 1 atom stereocenters. The van der Waals surface area contributed by atoms with Gasteiger partial charge in [0, 0.05) is 9.58 Å². The van der Waals surface area contributed by atoms with Gasteiger partial charge in [0.1, 0.15) is 5.82 Å². The van der Waals surface area contributed by atoms with Crippen molar-refractivity contribution in [3.63, 3.8) is 0 Å². The zero-order valence-corrected chi connectivity index (χ0v) is 12.6. The van der Waals surface area contributed by atoms with Crippen LogP contribution in [-0.4, -0.2) is 0 Å². The molecule has 0 bridgehead atoms. The van der Waals surface area contributed by atoms with Crippen molar-refractivity contribution >= 4 is 44.6 Å². The molecule has 2 N–H and O–H groups in total. The van der Waals surface area contributed by atoms with Gasteiger partial charge in [0.05, 0.1) is 16.1 Å². The first-order valence-corrected chi connectivity index (χ1v) is 7.52. The minimum atomic E-state index is -0.373. The Kier molecular flexibility index (Phi) is 3.69. The highest BCUT2D eigenvalue weighted by Crippen LogP contribution is 2.36. The van der Waals surface area contributed by atoms with E-state index in [0.717, 1.165) is 20.5 Å². The van der Waals surface area contributed by atoms with E-state index in [2.05, 4.69) is 0 Å². The molecule has 1 nitrogen and oxygen atoms in total. The molecule has 0 amide bonds. The third-order valence-corrected chi connectivity index (χ3v) is 5.15. The van der Waals surface area contributed by atoms with Gasteiger partial charge in [-0.25, -0.2) is 4.39 Å². The van der Waals surface area contributed by atoms with E-state index in [0.29, 0.717) is 10.0 Å². The van der Waals surface area contributed by atoms with E-state index in [1.54, 1.807) is 12.1 Å². The highest BCUT2D eigenvalue weighted by atomic mass is 35.5. The fourth-order valence-corrected chi connectivity index (χ4v) is 3.59.